The molecule has 1 heterocycles. The van der Waals surface area contributed by atoms with Gasteiger partial charge in [0, 0.05) is 13.1 Å². The van der Waals surface area contributed by atoms with Gasteiger partial charge >= 0.3 is 0 Å². The Bertz CT molecular complexity index is 204. The summed E-state index contributed by atoms with van der Waals surface area (Å²) in [5.41, 5.74) is 0. The van der Waals surface area contributed by atoms with Crippen molar-refractivity contribution >= 4 is 0 Å². The van der Waals surface area contributed by atoms with Crippen molar-refractivity contribution in [1.82, 2.24) is 10.4 Å². The molecule has 1 saturated heterocycles. The maximum atomic E-state index is 10.1. The lowest BCUT2D eigenvalue weighted by molar-refractivity contribution is -0.406. The van der Waals surface area contributed by atoms with Crippen LogP contribution < -0.4 is 5.32 Å². The molecule has 6 heteroatoms. The molecule has 6 nitrogen and oxygen atoms in total. The van der Waals surface area contributed by atoms with Crippen molar-refractivity contribution in [3.05, 3.63) is 22.1 Å². The molecule has 0 aromatic carbocycles. The zero-order valence-corrected chi connectivity index (χ0v) is 6.82. The van der Waals surface area contributed by atoms with Crippen molar-refractivity contribution in [2.24, 2.45) is 0 Å². The van der Waals surface area contributed by atoms with Crippen LogP contribution in [0.15, 0.2) is 12.0 Å². The fraction of sp³-hybridized carbons (Fsp3) is 0.667. The van der Waals surface area contributed by atoms with Gasteiger partial charge in [-0.15, -0.1) is 0 Å². The first-order chi connectivity index (χ1) is 5.74. The summed E-state index contributed by atoms with van der Waals surface area (Å²) >= 11 is 0. The van der Waals surface area contributed by atoms with Gasteiger partial charge in [0.05, 0.1) is 12.0 Å². The lowest BCUT2D eigenvalue weighted by atomic mass is 10.3. The molecule has 0 aliphatic carbocycles. The predicted molar refractivity (Wildman–Crippen MR) is 41.4 cm³/mol. The van der Waals surface area contributed by atoms with E-state index in [9.17, 15) is 10.1 Å². The Morgan fingerprint density at radius 3 is 3.17 bits per heavy atom. The molecule has 0 radical (unpaired) electrons. The Labute approximate surface area is 69.9 Å². The van der Waals surface area contributed by atoms with Crippen LogP contribution in [0.2, 0.25) is 0 Å². The van der Waals surface area contributed by atoms with E-state index in [1.54, 1.807) is 0 Å². The first-order valence-corrected chi connectivity index (χ1v) is 3.65. The molecule has 68 valence electrons. The van der Waals surface area contributed by atoms with Crippen LogP contribution in [0.25, 0.3) is 0 Å². The third kappa shape index (κ3) is 2.09. The van der Waals surface area contributed by atoms with E-state index in [1.165, 1.54) is 12.2 Å². The van der Waals surface area contributed by atoms with Gasteiger partial charge in [0.25, 0.3) is 6.20 Å². The smallest absolute Gasteiger partial charge is 0.276 e. The average Bonchev–Trinajstić information content (AvgIpc) is 2.04. The highest BCUT2D eigenvalue weighted by atomic mass is 16.7. The predicted octanol–water partition coefficient (Wildman–Crippen LogP) is -0.0813. The van der Waals surface area contributed by atoms with Gasteiger partial charge in [-0.1, -0.05) is 0 Å². The van der Waals surface area contributed by atoms with E-state index in [-0.39, 0.29) is 0 Å². The molecule has 0 saturated carbocycles. The zero-order valence-electron chi connectivity index (χ0n) is 6.82. The van der Waals surface area contributed by atoms with Gasteiger partial charge in [0.15, 0.2) is 5.82 Å². The molecule has 0 spiro atoms. The normalized spacial score (nSPS) is 20.8. The van der Waals surface area contributed by atoms with Crippen LogP contribution in [-0.2, 0) is 4.84 Å². The van der Waals surface area contributed by atoms with Crippen LogP contribution in [0.1, 0.15) is 6.42 Å². The lowest BCUT2D eigenvalue weighted by Crippen LogP contribution is -2.39. The molecule has 0 amide bonds. The van der Waals surface area contributed by atoms with Crippen molar-refractivity contribution < 1.29 is 9.76 Å². The van der Waals surface area contributed by atoms with E-state index >= 15 is 0 Å². The largest absolute Gasteiger partial charge is 0.365 e. The Morgan fingerprint density at radius 1 is 1.83 bits per heavy atom. The summed E-state index contributed by atoms with van der Waals surface area (Å²) in [5.74, 6) is 0.411. The van der Waals surface area contributed by atoms with Crippen LogP contribution >= 0.6 is 0 Å². The van der Waals surface area contributed by atoms with Crippen LogP contribution in [0.3, 0.4) is 0 Å². The maximum absolute atomic E-state index is 10.1. The molecular weight excluding hydrogens is 162 g/mol. The lowest BCUT2D eigenvalue weighted by Gasteiger charge is -2.27. The van der Waals surface area contributed by atoms with Gasteiger partial charge in [-0.3, -0.25) is 15.0 Å². The van der Waals surface area contributed by atoms with E-state index < -0.39 is 4.92 Å². The first kappa shape index (κ1) is 8.79. The summed E-state index contributed by atoms with van der Waals surface area (Å²) in [6.07, 6.45) is 1.82. The molecule has 0 bridgehead atoms. The van der Waals surface area contributed by atoms with Crippen LogP contribution in [0.4, 0.5) is 0 Å². The van der Waals surface area contributed by atoms with Gasteiger partial charge in [0.1, 0.15) is 0 Å². The van der Waals surface area contributed by atoms with Crippen molar-refractivity contribution in [3.8, 4) is 0 Å². The Morgan fingerprint density at radius 2 is 2.58 bits per heavy atom. The second-order valence-electron chi connectivity index (χ2n) is 2.36. The maximum Gasteiger partial charge on any atom is 0.276 e. The molecule has 0 aromatic rings. The average molecular weight is 173 g/mol. The zero-order chi connectivity index (χ0) is 8.97. The molecule has 1 N–H and O–H groups in total. The van der Waals surface area contributed by atoms with E-state index in [0.29, 0.717) is 12.4 Å². The molecule has 1 aliphatic rings. The summed E-state index contributed by atoms with van der Waals surface area (Å²) in [6, 6.07) is 0. The number of nitrogens with one attached hydrogen (secondary N) is 1. The summed E-state index contributed by atoms with van der Waals surface area (Å²) in [7, 11) is 1.49. The minimum atomic E-state index is -0.500. The molecule has 12 heavy (non-hydrogen) atoms. The summed E-state index contributed by atoms with van der Waals surface area (Å²) in [5, 5.41) is 14.5. The van der Waals surface area contributed by atoms with Crippen LogP contribution in [-0.4, -0.2) is 30.2 Å². The fourth-order valence-corrected chi connectivity index (χ4v) is 1.05. The van der Waals surface area contributed by atoms with Crippen molar-refractivity contribution in [1.29, 1.82) is 0 Å². The fourth-order valence-electron chi connectivity index (χ4n) is 1.05. The third-order valence-electron chi connectivity index (χ3n) is 1.56. The molecule has 0 atom stereocenters. The number of hydrogen-bond donors (Lipinski definition) is 1. The van der Waals surface area contributed by atoms with E-state index in [4.69, 9.17) is 4.84 Å². The number of hydrogen-bond acceptors (Lipinski definition) is 5. The SMILES string of the molecule is CON1CCCNC1=C[N+](=O)[O-]. The van der Waals surface area contributed by atoms with E-state index in [1.807, 2.05) is 0 Å². The van der Waals surface area contributed by atoms with E-state index in [2.05, 4.69) is 5.32 Å². The summed E-state index contributed by atoms with van der Waals surface area (Å²) < 4.78 is 0. The standard InChI is InChI=1S/C6H11N3O3/c1-12-8-4-2-3-7-6(8)5-9(10)11/h5,7H,2-4H2,1H3. The highest BCUT2D eigenvalue weighted by molar-refractivity contribution is 4.93. The topological polar surface area (TPSA) is 67.6 Å². The number of hydroxylamine groups is 2. The second-order valence-corrected chi connectivity index (χ2v) is 2.36. The first-order valence-electron chi connectivity index (χ1n) is 3.65. The minimum Gasteiger partial charge on any atom is -0.365 e. The van der Waals surface area contributed by atoms with Crippen molar-refractivity contribution in [2.75, 3.05) is 20.2 Å². The Kier molecular flexibility index (Phi) is 2.87. The number of nitrogens with zero attached hydrogens (tertiary/aromatic N) is 2. The highest BCUT2D eigenvalue weighted by Crippen LogP contribution is 2.06. The van der Waals surface area contributed by atoms with Crippen molar-refractivity contribution in [3.63, 3.8) is 0 Å². The molecule has 0 aromatic heterocycles. The van der Waals surface area contributed by atoms with Gasteiger partial charge < -0.3 is 5.32 Å². The molecule has 0 unspecified atom stereocenters. The van der Waals surface area contributed by atoms with Gasteiger partial charge in [-0.25, -0.2) is 5.06 Å². The van der Waals surface area contributed by atoms with Gasteiger partial charge in [-0.2, -0.15) is 0 Å². The Hall–Kier alpha value is -1.30. The monoisotopic (exact) mass is 173 g/mol. The molecular formula is C6H11N3O3. The third-order valence-corrected chi connectivity index (χ3v) is 1.56. The highest BCUT2D eigenvalue weighted by Gasteiger charge is 2.16. The van der Waals surface area contributed by atoms with Crippen LogP contribution in [0.5, 0.6) is 0 Å². The molecule has 1 fully saturated rings. The van der Waals surface area contributed by atoms with Gasteiger partial charge in [0.2, 0.25) is 0 Å². The van der Waals surface area contributed by atoms with Crippen molar-refractivity contribution in [2.45, 2.75) is 6.42 Å². The Balaban J connectivity index is 2.64. The second kappa shape index (κ2) is 3.91. The number of nitro groups is 1. The molecule has 1 rings (SSSR count). The summed E-state index contributed by atoms with van der Waals surface area (Å²) in [4.78, 5) is 14.5. The quantitative estimate of drug-likeness (QED) is 0.467. The van der Waals surface area contributed by atoms with Crippen LogP contribution in [0, 0.1) is 10.1 Å². The minimum absolute atomic E-state index is 0.411. The molecule has 1 aliphatic heterocycles. The van der Waals surface area contributed by atoms with E-state index in [0.717, 1.165) is 19.2 Å². The summed E-state index contributed by atoms with van der Waals surface area (Å²) in [6.45, 7) is 1.43. The van der Waals surface area contributed by atoms with Gasteiger partial charge in [-0.05, 0) is 6.42 Å². The number of rotatable bonds is 2.